The molecule has 0 unspecified atom stereocenters. The van der Waals surface area contributed by atoms with Crippen LogP contribution < -0.4 is 5.32 Å². The molecule has 3 aliphatic carbocycles. The van der Waals surface area contributed by atoms with Gasteiger partial charge in [-0.05, 0) is 105 Å². The Balaban J connectivity index is 1.14. The molecule has 238 valence electrons. The van der Waals surface area contributed by atoms with Gasteiger partial charge in [-0.1, -0.05) is 49.4 Å². The van der Waals surface area contributed by atoms with Gasteiger partial charge in [0.1, 0.15) is 0 Å². The lowest BCUT2D eigenvalue weighted by atomic mass is 9.39. The van der Waals surface area contributed by atoms with E-state index in [2.05, 4.69) is 81.2 Å². The fourth-order valence-corrected chi connectivity index (χ4v) is 13.8. The van der Waals surface area contributed by atoms with Crippen LogP contribution in [0.2, 0.25) is 0 Å². The Morgan fingerprint density at radius 3 is 2.83 bits per heavy atom. The Labute approximate surface area is 272 Å². The predicted molar refractivity (Wildman–Crippen MR) is 180 cm³/mol. The number of carbonyl (C=O) groups is 1. The van der Waals surface area contributed by atoms with E-state index in [9.17, 15) is 4.79 Å². The highest BCUT2D eigenvalue weighted by Crippen LogP contribution is 2.74. The second-order valence-electron chi connectivity index (χ2n) is 16.4. The van der Waals surface area contributed by atoms with E-state index < -0.39 is 0 Å². The van der Waals surface area contributed by atoms with Crippen molar-refractivity contribution in [2.75, 3.05) is 38.6 Å². The number of anilines is 1. The monoisotopic (exact) mass is 614 g/mol. The molecule has 5 fully saturated rings. The molecule has 2 saturated heterocycles. The fraction of sp³-hybridized carbons (Fsp3) is 0.575. The van der Waals surface area contributed by atoms with Crippen molar-refractivity contribution >= 4 is 22.6 Å². The second-order valence-corrected chi connectivity index (χ2v) is 16.4. The van der Waals surface area contributed by atoms with Gasteiger partial charge in [0, 0.05) is 52.2 Å². The van der Waals surface area contributed by atoms with E-state index in [1.807, 2.05) is 0 Å². The van der Waals surface area contributed by atoms with Gasteiger partial charge in [-0.2, -0.15) is 0 Å². The first-order valence-electron chi connectivity index (χ1n) is 18.3. The van der Waals surface area contributed by atoms with Crippen LogP contribution in [0, 0.1) is 16.7 Å². The third kappa shape index (κ3) is 2.82. The number of ether oxygens (including phenoxy) is 1. The molecule has 46 heavy (non-hydrogen) atoms. The van der Waals surface area contributed by atoms with Crippen LogP contribution in [0.3, 0.4) is 0 Å². The summed E-state index contributed by atoms with van der Waals surface area (Å²) in [5.74, 6) is -0.0855. The number of nitrogens with zero attached hydrogens (tertiary/aromatic N) is 3. The van der Waals surface area contributed by atoms with Crippen LogP contribution in [0.4, 0.5) is 5.69 Å². The van der Waals surface area contributed by atoms with E-state index >= 15 is 0 Å². The summed E-state index contributed by atoms with van der Waals surface area (Å²) < 4.78 is 8.40. The number of aromatic nitrogens is 1. The lowest BCUT2D eigenvalue weighted by molar-refractivity contribution is -0.171. The highest BCUT2D eigenvalue weighted by atomic mass is 16.5. The largest absolute Gasteiger partial charge is 0.469 e. The molecular formula is C40H46N4O2. The lowest BCUT2D eigenvalue weighted by Crippen LogP contribution is -2.76. The molecule has 12 rings (SSSR count). The van der Waals surface area contributed by atoms with Crippen molar-refractivity contribution < 1.29 is 9.53 Å². The van der Waals surface area contributed by atoms with Crippen molar-refractivity contribution in [1.82, 2.24) is 14.4 Å². The fourth-order valence-electron chi connectivity index (χ4n) is 13.8. The average Bonchev–Trinajstić information content (AvgIpc) is 3.76. The van der Waals surface area contributed by atoms with Gasteiger partial charge in [0.2, 0.25) is 0 Å². The van der Waals surface area contributed by atoms with E-state index in [-0.39, 0.29) is 39.7 Å². The predicted octanol–water partition coefficient (Wildman–Crippen LogP) is 6.74. The van der Waals surface area contributed by atoms with Gasteiger partial charge in [-0.25, -0.2) is 0 Å². The molecule has 0 radical (unpaired) electrons. The molecule has 9 aliphatic rings. The summed E-state index contributed by atoms with van der Waals surface area (Å²) in [5, 5.41) is 5.62. The molecule has 7 heterocycles. The third-order valence-electron chi connectivity index (χ3n) is 15.3. The molecule has 8 atom stereocenters. The second kappa shape index (κ2) is 8.68. The van der Waals surface area contributed by atoms with Crippen LogP contribution in [0.15, 0.2) is 54.6 Å². The quantitative estimate of drug-likeness (QED) is 0.262. The Morgan fingerprint density at radius 2 is 1.93 bits per heavy atom. The molecule has 6 heteroatoms. The van der Waals surface area contributed by atoms with Crippen LogP contribution in [-0.2, 0) is 21.4 Å². The third-order valence-corrected chi connectivity index (χ3v) is 15.3. The molecule has 1 N–H and O–H groups in total. The zero-order chi connectivity index (χ0) is 30.6. The molecule has 3 aromatic rings. The van der Waals surface area contributed by atoms with Gasteiger partial charge < -0.3 is 14.6 Å². The van der Waals surface area contributed by atoms with Crippen LogP contribution in [0.1, 0.15) is 92.8 Å². The van der Waals surface area contributed by atoms with Crippen LogP contribution in [0.25, 0.3) is 10.9 Å². The van der Waals surface area contributed by atoms with Crippen LogP contribution >= 0.6 is 0 Å². The molecule has 2 aromatic carbocycles. The standard InChI is InChI=1S/C40H46N4O2/c1-3-37-13-6-18-42-20-12-27-26-8-4-5-9-31(26)44(33(27)34(37)42)32(24-37)25-10-11-30-28(22-25)39-17-21-43-19-7-14-38(36(39)43)15-16-40(39,41-30)29(23-38)35(45)46-2/h4-6,8-11,13,22,29,32,34,36,41H,3,7,12,14-21,23-24H2,1-2H3/t29-,32+,34+,36-,37-,38+,39+,40+/m0/s1. The number of fused-ring (bicyclic) bond motifs is 6. The van der Waals surface area contributed by atoms with Gasteiger partial charge >= 0.3 is 5.97 Å². The Kier molecular flexibility index (Phi) is 5.08. The van der Waals surface area contributed by atoms with Crippen molar-refractivity contribution in [1.29, 1.82) is 0 Å². The summed E-state index contributed by atoms with van der Waals surface area (Å²) in [5.41, 5.74) is 8.88. The highest BCUT2D eigenvalue weighted by molar-refractivity contribution is 5.87. The number of methoxy groups -OCH3 is 1. The molecule has 2 bridgehead atoms. The molecule has 3 spiro atoms. The number of carbonyl (C=O) groups excluding carboxylic acids is 1. The first-order chi connectivity index (χ1) is 22.5. The summed E-state index contributed by atoms with van der Waals surface area (Å²) in [6.45, 7) is 6.99. The smallest absolute Gasteiger partial charge is 0.311 e. The molecular weight excluding hydrogens is 568 g/mol. The number of benzene rings is 2. The number of piperidine rings is 1. The number of hydrogen-bond acceptors (Lipinski definition) is 5. The van der Waals surface area contributed by atoms with Gasteiger partial charge in [0.25, 0.3) is 0 Å². The lowest BCUT2D eigenvalue weighted by Gasteiger charge is -2.69. The van der Waals surface area contributed by atoms with Gasteiger partial charge in [-0.3, -0.25) is 14.6 Å². The topological polar surface area (TPSA) is 49.7 Å². The average molecular weight is 615 g/mol. The van der Waals surface area contributed by atoms with E-state index in [0.29, 0.717) is 12.1 Å². The minimum absolute atomic E-state index is 0.00346. The van der Waals surface area contributed by atoms with Gasteiger partial charge in [0.15, 0.2) is 0 Å². The van der Waals surface area contributed by atoms with Crippen molar-refractivity contribution in [2.45, 2.75) is 93.8 Å². The zero-order valence-corrected chi connectivity index (χ0v) is 27.4. The summed E-state index contributed by atoms with van der Waals surface area (Å²) in [6, 6.07) is 18.0. The van der Waals surface area contributed by atoms with E-state index in [4.69, 9.17) is 4.74 Å². The first-order valence-corrected chi connectivity index (χ1v) is 18.3. The number of rotatable bonds is 3. The molecule has 3 saturated carbocycles. The minimum Gasteiger partial charge on any atom is -0.469 e. The number of nitrogens with one attached hydrogen (secondary N) is 1. The van der Waals surface area contributed by atoms with E-state index in [1.165, 1.54) is 53.5 Å². The zero-order valence-electron chi connectivity index (χ0n) is 27.4. The number of para-hydroxylation sites is 1. The summed E-state index contributed by atoms with van der Waals surface area (Å²) in [4.78, 5) is 19.3. The van der Waals surface area contributed by atoms with Crippen molar-refractivity contribution in [2.24, 2.45) is 16.7 Å². The molecule has 0 amide bonds. The van der Waals surface area contributed by atoms with Crippen LogP contribution in [-0.4, -0.2) is 65.2 Å². The summed E-state index contributed by atoms with van der Waals surface area (Å²) in [7, 11) is 1.61. The molecule has 1 aromatic heterocycles. The van der Waals surface area contributed by atoms with Gasteiger partial charge in [0.05, 0.1) is 30.7 Å². The highest BCUT2D eigenvalue weighted by Gasteiger charge is 2.79. The van der Waals surface area contributed by atoms with E-state index in [0.717, 1.165) is 58.2 Å². The SMILES string of the molecule is CC[C@]12C=CCN3CCc4c(n(c5ccccc45)[C@@H](c4ccc5c(c4)[C@@]46CCN7CCC[C@]8(CC[C@@]4(N5)[C@H](C(=O)OC)C8)[C@H]76)C1)[C@@H]32. The Morgan fingerprint density at radius 1 is 1.02 bits per heavy atom. The van der Waals surface area contributed by atoms with E-state index in [1.54, 1.807) is 18.4 Å². The first kappa shape index (κ1) is 26.9. The minimum atomic E-state index is -0.256. The van der Waals surface area contributed by atoms with Crippen molar-refractivity contribution in [3.05, 3.63) is 77.0 Å². The van der Waals surface area contributed by atoms with Crippen molar-refractivity contribution in [3.63, 3.8) is 0 Å². The maximum absolute atomic E-state index is 13.7. The summed E-state index contributed by atoms with van der Waals surface area (Å²) >= 11 is 0. The normalized spacial score (nSPS) is 41.1. The number of hydrogen-bond donors (Lipinski definition) is 1. The maximum atomic E-state index is 13.7. The van der Waals surface area contributed by atoms with Crippen molar-refractivity contribution in [3.8, 4) is 0 Å². The molecule has 6 nitrogen and oxygen atoms in total. The molecule has 6 aliphatic heterocycles. The Hall–Kier alpha value is -3.09. The Bertz CT molecular complexity index is 1880. The summed E-state index contributed by atoms with van der Waals surface area (Å²) in [6.07, 6.45) is 15.4. The van der Waals surface area contributed by atoms with Gasteiger partial charge in [-0.15, -0.1) is 0 Å². The number of esters is 1. The van der Waals surface area contributed by atoms with Crippen LogP contribution in [0.5, 0.6) is 0 Å². The maximum Gasteiger partial charge on any atom is 0.311 e.